The van der Waals surface area contributed by atoms with Crippen LogP contribution in [0.4, 0.5) is 13.2 Å². The summed E-state index contributed by atoms with van der Waals surface area (Å²) in [5.74, 6) is -0.179. The van der Waals surface area contributed by atoms with E-state index in [1.807, 2.05) is 6.92 Å². The van der Waals surface area contributed by atoms with Crippen molar-refractivity contribution >= 4 is 59.8 Å². The molecule has 0 bridgehead atoms. The minimum atomic E-state index is -4.30. The number of alkyl halides is 5. The molecule has 0 aromatic carbocycles. The molecule has 15 heteroatoms. The molecule has 0 unspecified atom stereocenters. The molecule has 0 spiro atoms. The second-order valence-electron chi connectivity index (χ2n) is 6.35. The Labute approximate surface area is 221 Å². The average Bonchev–Trinajstić information content (AvgIpc) is 2.68. The number of carboxylic acid groups (broad SMARTS) is 1. The highest BCUT2D eigenvalue weighted by Crippen LogP contribution is 2.24. The van der Waals surface area contributed by atoms with E-state index < -0.39 is 18.1 Å². The maximum absolute atomic E-state index is 12.3. The Bertz CT molecular complexity index is 694. The highest BCUT2D eigenvalue weighted by atomic mass is 35.5. The van der Waals surface area contributed by atoms with Crippen molar-refractivity contribution in [2.45, 2.75) is 32.3 Å². The summed E-state index contributed by atoms with van der Waals surface area (Å²) >= 11 is 10.4. The maximum Gasteiger partial charge on any atom is 0.575 e. The van der Waals surface area contributed by atoms with E-state index in [-0.39, 0.29) is 43.0 Å². The van der Waals surface area contributed by atoms with Crippen LogP contribution in [0, 0.1) is 18.3 Å². The second-order valence-corrected chi connectivity index (χ2v) is 6.89. The lowest BCUT2D eigenvalue weighted by Crippen LogP contribution is -3.00. The Balaban J connectivity index is -0.000000117. The van der Waals surface area contributed by atoms with Gasteiger partial charge in [0.2, 0.25) is 0 Å². The van der Waals surface area contributed by atoms with Crippen LogP contribution in [0.3, 0.4) is 0 Å². The molecule has 0 saturated heterocycles. The molecule has 1 heterocycles. The first-order valence-electron chi connectivity index (χ1n) is 9.01. The van der Waals surface area contributed by atoms with E-state index in [1.165, 1.54) is 9.15 Å². The summed E-state index contributed by atoms with van der Waals surface area (Å²) in [5.41, 5.74) is 5.80. The van der Waals surface area contributed by atoms with Crippen LogP contribution in [0.15, 0.2) is 12.4 Å². The van der Waals surface area contributed by atoms with Gasteiger partial charge in [0.1, 0.15) is 39.9 Å². The number of aromatic nitrogens is 2. The van der Waals surface area contributed by atoms with Crippen molar-refractivity contribution in [3.8, 4) is 0 Å². The van der Waals surface area contributed by atoms with E-state index in [9.17, 15) is 18.0 Å². The smallest absolute Gasteiger partial charge is 0.575 e. The van der Waals surface area contributed by atoms with Gasteiger partial charge in [-0.05, 0) is 12.5 Å². The van der Waals surface area contributed by atoms with Crippen molar-refractivity contribution in [1.82, 2.24) is 9.97 Å². The third kappa shape index (κ3) is 32.4. The number of aliphatic carboxylic acids is 1. The number of carboxylic acids is 1. The van der Waals surface area contributed by atoms with Crippen LogP contribution >= 0.6 is 35.6 Å². The summed E-state index contributed by atoms with van der Waals surface area (Å²) in [7, 11) is 6.20. The summed E-state index contributed by atoms with van der Waals surface area (Å²) in [6.07, 6.45) is 1.52. The Kier molecular flexibility index (Phi) is 30.3. The van der Waals surface area contributed by atoms with Crippen molar-refractivity contribution in [3.63, 3.8) is 0 Å². The molecular formula is C19H33Cl4F3N6O2+2. The number of hydrogen-bond donors (Lipinski definition) is 3. The summed E-state index contributed by atoms with van der Waals surface area (Å²) in [6.45, 7) is 3.54. The summed E-state index contributed by atoms with van der Waals surface area (Å²) in [6, 6.07) is 0. The van der Waals surface area contributed by atoms with E-state index in [0.717, 1.165) is 18.0 Å². The van der Waals surface area contributed by atoms with Gasteiger partial charge in [-0.3, -0.25) is 10.2 Å². The Morgan fingerprint density at radius 2 is 1.50 bits per heavy atom. The van der Waals surface area contributed by atoms with Gasteiger partial charge in [-0.1, -0.05) is 6.92 Å². The number of nitrogens with two attached hydrogens (primary N) is 1. The van der Waals surface area contributed by atoms with Gasteiger partial charge in [-0.2, -0.15) is 0 Å². The van der Waals surface area contributed by atoms with Crippen LogP contribution in [0.1, 0.15) is 24.7 Å². The average molecular weight is 576 g/mol. The van der Waals surface area contributed by atoms with Gasteiger partial charge in [-0.25, -0.2) is 19.1 Å². The first-order chi connectivity index (χ1) is 14.6. The van der Waals surface area contributed by atoms with Gasteiger partial charge in [0.25, 0.3) is 0 Å². The van der Waals surface area contributed by atoms with Crippen LogP contribution < -0.4 is 18.1 Å². The fraction of sp³-hybridized carbons (Fsp3) is 0.526. The number of halogens is 7. The van der Waals surface area contributed by atoms with E-state index in [0.29, 0.717) is 11.7 Å². The number of amidine groups is 1. The molecule has 0 atom stereocenters. The molecule has 0 aliphatic carbocycles. The SMILES string of the molecule is CCC(=O)O.C[N+](C)=C[C+](C=[N+](C)C)C(F)(F)F.Cc1cnc(CCl)nc1.Cl.N=C(N)CCl.[Cl-]. The normalized spacial score (nSPS) is 8.79. The van der Waals surface area contributed by atoms with Gasteiger partial charge in [0.15, 0.2) is 0 Å². The summed E-state index contributed by atoms with van der Waals surface area (Å²) < 4.78 is 39.6. The second kappa shape index (κ2) is 24.3. The predicted molar refractivity (Wildman–Crippen MR) is 130 cm³/mol. The molecule has 4 N–H and O–H groups in total. The van der Waals surface area contributed by atoms with Gasteiger partial charge < -0.3 is 23.2 Å². The first-order valence-corrected chi connectivity index (χ1v) is 10.1. The van der Waals surface area contributed by atoms with Crippen molar-refractivity contribution in [3.05, 3.63) is 29.7 Å². The molecular weight excluding hydrogens is 543 g/mol. The summed E-state index contributed by atoms with van der Waals surface area (Å²) in [4.78, 5) is 17.3. The van der Waals surface area contributed by atoms with Crippen molar-refractivity contribution in [2.24, 2.45) is 5.73 Å². The van der Waals surface area contributed by atoms with Gasteiger partial charge in [-0.15, -0.1) is 48.8 Å². The number of hydrogen-bond acceptors (Lipinski definition) is 4. The third-order valence-electron chi connectivity index (χ3n) is 2.52. The number of carbonyl (C=O) groups is 1. The zero-order valence-electron chi connectivity index (χ0n) is 19.8. The zero-order chi connectivity index (χ0) is 25.9. The largest absolute Gasteiger partial charge is 1.00 e. The van der Waals surface area contributed by atoms with E-state index in [1.54, 1.807) is 47.5 Å². The van der Waals surface area contributed by atoms with Crippen LogP contribution in [-0.4, -0.2) is 88.7 Å². The van der Waals surface area contributed by atoms with Crippen molar-refractivity contribution in [2.75, 3.05) is 34.1 Å². The van der Waals surface area contributed by atoms with Crippen molar-refractivity contribution in [1.29, 1.82) is 5.41 Å². The van der Waals surface area contributed by atoms with Crippen LogP contribution in [0.5, 0.6) is 0 Å². The molecule has 0 amide bonds. The van der Waals surface area contributed by atoms with Crippen LogP contribution in [0.2, 0.25) is 0 Å². The fourth-order valence-electron chi connectivity index (χ4n) is 1.22. The fourth-order valence-corrected chi connectivity index (χ4v) is 1.36. The molecule has 0 saturated carbocycles. The summed E-state index contributed by atoms with van der Waals surface area (Å²) in [5, 5.41) is 14.1. The topological polar surface area (TPSA) is 119 Å². The van der Waals surface area contributed by atoms with Gasteiger partial charge >= 0.3 is 30.5 Å². The zero-order valence-corrected chi connectivity index (χ0v) is 22.9. The molecule has 198 valence electrons. The highest BCUT2D eigenvalue weighted by Gasteiger charge is 2.57. The quantitative estimate of drug-likeness (QED) is 0.154. The Hall–Kier alpha value is -1.82. The minimum Gasteiger partial charge on any atom is -1.00 e. The number of nitrogens with one attached hydrogen (secondary N) is 1. The van der Waals surface area contributed by atoms with Gasteiger partial charge in [0, 0.05) is 18.8 Å². The molecule has 8 nitrogen and oxygen atoms in total. The molecule has 1 aromatic rings. The maximum atomic E-state index is 12.3. The standard InChI is InChI=1S/C8H14F3N2.C6H7ClN2.C3H6O2.C2H5ClN2.2ClH/c1-12(2)5-7(6-13(3)4)8(9,10)11;1-5-3-8-6(2-7)9-4-5;1-2-3(4)5;3-1-2(4)5;;/h5-6H,1-4H3;3-4H,2H2,1H3;2H2,1H3,(H,4,5);1H2,(H3,4,5);2*1H/q+3;;;;;/p-1. The molecule has 1 rings (SSSR count). The lowest BCUT2D eigenvalue weighted by Gasteiger charge is -1.95. The molecule has 0 aliphatic heterocycles. The third-order valence-corrected chi connectivity index (χ3v) is 3.05. The molecule has 0 fully saturated rings. The molecule has 1 aromatic heterocycles. The van der Waals surface area contributed by atoms with Gasteiger partial charge in [0.05, 0.1) is 11.8 Å². The highest BCUT2D eigenvalue weighted by molar-refractivity contribution is 6.27. The number of nitrogens with zero attached hydrogens (tertiary/aromatic N) is 4. The Morgan fingerprint density at radius 1 is 1.18 bits per heavy atom. The minimum absolute atomic E-state index is 0. The molecule has 0 aliphatic rings. The predicted octanol–water partition coefficient (Wildman–Crippen LogP) is 0.401. The number of aryl methyl sites for hydroxylation is 1. The molecule has 0 radical (unpaired) electrons. The molecule has 34 heavy (non-hydrogen) atoms. The van der Waals surface area contributed by atoms with E-state index in [2.05, 4.69) is 9.97 Å². The number of rotatable bonds is 5. The Morgan fingerprint density at radius 3 is 1.68 bits per heavy atom. The van der Waals surface area contributed by atoms with E-state index >= 15 is 0 Å². The lowest BCUT2D eigenvalue weighted by atomic mass is 10.2. The lowest BCUT2D eigenvalue weighted by molar-refractivity contribution is -0.465. The van der Waals surface area contributed by atoms with E-state index in [4.69, 9.17) is 39.5 Å². The van der Waals surface area contributed by atoms with Crippen LogP contribution in [0.25, 0.3) is 0 Å². The van der Waals surface area contributed by atoms with Crippen LogP contribution in [-0.2, 0) is 10.7 Å². The first kappa shape index (κ1) is 42.3. The van der Waals surface area contributed by atoms with Crippen molar-refractivity contribution < 1.29 is 44.6 Å². The monoisotopic (exact) mass is 574 g/mol.